The summed E-state index contributed by atoms with van der Waals surface area (Å²) in [7, 11) is 0. The summed E-state index contributed by atoms with van der Waals surface area (Å²) in [5.41, 5.74) is 2.72. The van der Waals surface area contributed by atoms with Crippen LogP contribution in [0, 0.1) is 6.92 Å². The maximum atomic E-state index is 11.3. The highest BCUT2D eigenvalue weighted by molar-refractivity contribution is 6.30. The van der Waals surface area contributed by atoms with E-state index in [1.54, 1.807) is 13.0 Å². The summed E-state index contributed by atoms with van der Waals surface area (Å²) in [6.45, 7) is 3.96. The van der Waals surface area contributed by atoms with Gasteiger partial charge in [0.05, 0.1) is 0 Å². The molecular formula is C16H15ClO2. The van der Waals surface area contributed by atoms with Gasteiger partial charge in [0, 0.05) is 10.6 Å². The van der Waals surface area contributed by atoms with E-state index in [4.69, 9.17) is 16.3 Å². The van der Waals surface area contributed by atoms with Crippen molar-refractivity contribution in [3.63, 3.8) is 0 Å². The van der Waals surface area contributed by atoms with E-state index in [0.29, 0.717) is 11.6 Å². The second-order valence-electron chi connectivity index (χ2n) is 4.45. The molecule has 2 aromatic carbocycles. The van der Waals surface area contributed by atoms with Crippen LogP contribution in [-0.2, 0) is 6.61 Å². The van der Waals surface area contributed by atoms with E-state index in [-0.39, 0.29) is 5.78 Å². The molecule has 0 aromatic heterocycles. The quantitative estimate of drug-likeness (QED) is 0.771. The molecule has 0 aliphatic rings. The molecule has 0 bridgehead atoms. The molecule has 0 saturated carbocycles. The standard InChI is InChI=1S/C16H15ClO2/c1-11-9-15(7-8-16(11)12(2)18)19-10-13-3-5-14(17)6-4-13/h3-9H,10H2,1-2H3. The van der Waals surface area contributed by atoms with Crippen LogP contribution in [-0.4, -0.2) is 5.78 Å². The Balaban J connectivity index is 2.06. The van der Waals surface area contributed by atoms with Crippen molar-refractivity contribution in [1.82, 2.24) is 0 Å². The first-order valence-electron chi connectivity index (χ1n) is 6.05. The predicted octanol–water partition coefficient (Wildman–Crippen LogP) is 4.43. The number of halogens is 1. The van der Waals surface area contributed by atoms with E-state index >= 15 is 0 Å². The van der Waals surface area contributed by atoms with Gasteiger partial charge in [-0.25, -0.2) is 0 Å². The van der Waals surface area contributed by atoms with Gasteiger partial charge in [0.2, 0.25) is 0 Å². The fourth-order valence-corrected chi connectivity index (χ4v) is 1.99. The Labute approximate surface area is 118 Å². The summed E-state index contributed by atoms with van der Waals surface area (Å²) in [5, 5.41) is 0.713. The van der Waals surface area contributed by atoms with E-state index in [1.807, 2.05) is 43.3 Å². The molecule has 2 aromatic rings. The number of Topliss-reactive ketones (excluding diaryl/α,β-unsaturated/α-hetero) is 1. The number of carbonyl (C=O) groups is 1. The minimum atomic E-state index is 0.0711. The molecule has 19 heavy (non-hydrogen) atoms. The molecule has 0 unspecified atom stereocenters. The first-order chi connectivity index (χ1) is 9.06. The number of ketones is 1. The molecule has 0 radical (unpaired) electrons. The maximum absolute atomic E-state index is 11.3. The Kier molecular flexibility index (Phi) is 4.23. The first kappa shape index (κ1) is 13.6. The van der Waals surface area contributed by atoms with Gasteiger partial charge in [-0.15, -0.1) is 0 Å². The van der Waals surface area contributed by atoms with E-state index in [2.05, 4.69) is 0 Å². The highest BCUT2D eigenvalue weighted by Gasteiger charge is 2.05. The summed E-state index contributed by atoms with van der Waals surface area (Å²) in [6.07, 6.45) is 0. The molecule has 0 amide bonds. The lowest BCUT2D eigenvalue weighted by Gasteiger charge is -2.09. The molecule has 0 saturated heterocycles. The third-order valence-electron chi connectivity index (χ3n) is 2.90. The molecule has 0 fully saturated rings. The van der Waals surface area contributed by atoms with Crippen LogP contribution >= 0.6 is 11.6 Å². The average molecular weight is 275 g/mol. The van der Waals surface area contributed by atoms with Gasteiger partial charge in [0.15, 0.2) is 5.78 Å². The lowest BCUT2D eigenvalue weighted by molar-refractivity contribution is 0.101. The maximum Gasteiger partial charge on any atom is 0.160 e. The van der Waals surface area contributed by atoms with Crippen LogP contribution in [0.2, 0.25) is 5.02 Å². The van der Waals surface area contributed by atoms with Crippen molar-refractivity contribution in [2.45, 2.75) is 20.5 Å². The SMILES string of the molecule is CC(=O)c1ccc(OCc2ccc(Cl)cc2)cc1C. The second-order valence-corrected chi connectivity index (χ2v) is 4.88. The van der Waals surface area contributed by atoms with Gasteiger partial charge < -0.3 is 4.74 Å². The Hall–Kier alpha value is -1.80. The van der Waals surface area contributed by atoms with E-state index in [9.17, 15) is 4.79 Å². The molecular weight excluding hydrogens is 260 g/mol. The van der Waals surface area contributed by atoms with Crippen molar-refractivity contribution in [3.8, 4) is 5.75 Å². The minimum Gasteiger partial charge on any atom is -0.489 e. The van der Waals surface area contributed by atoms with Gasteiger partial charge in [-0.05, 0) is 55.3 Å². The molecule has 0 aliphatic carbocycles. The largest absolute Gasteiger partial charge is 0.489 e. The van der Waals surface area contributed by atoms with Crippen LogP contribution in [0.5, 0.6) is 5.75 Å². The van der Waals surface area contributed by atoms with Gasteiger partial charge in [-0.3, -0.25) is 4.79 Å². The summed E-state index contributed by atoms with van der Waals surface area (Å²) in [6, 6.07) is 13.0. The van der Waals surface area contributed by atoms with Gasteiger partial charge in [-0.2, -0.15) is 0 Å². The van der Waals surface area contributed by atoms with E-state index in [0.717, 1.165) is 22.4 Å². The molecule has 3 heteroatoms. The highest BCUT2D eigenvalue weighted by atomic mass is 35.5. The van der Waals surface area contributed by atoms with Gasteiger partial charge >= 0.3 is 0 Å². The van der Waals surface area contributed by atoms with Crippen LogP contribution in [0.4, 0.5) is 0 Å². The molecule has 98 valence electrons. The van der Waals surface area contributed by atoms with Gasteiger partial charge in [0.25, 0.3) is 0 Å². The third kappa shape index (κ3) is 3.58. The molecule has 0 heterocycles. The number of ether oxygens (including phenoxy) is 1. The lowest BCUT2D eigenvalue weighted by Crippen LogP contribution is -1.99. The second kappa shape index (κ2) is 5.89. The zero-order valence-electron chi connectivity index (χ0n) is 10.9. The Morgan fingerprint density at radius 1 is 1.16 bits per heavy atom. The molecule has 2 nitrogen and oxygen atoms in total. The average Bonchev–Trinajstić information content (AvgIpc) is 2.37. The predicted molar refractivity (Wildman–Crippen MR) is 77.0 cm³/mol. The Morgan fingerprint density at radius 2 is 1.84 bits per heavy atom. The topological polar surface area (TPSA) is 26.3 Å². The fraction of sp³-hybridized carbons (Fsp3) is 0.188. The highest BCUT2D eigenvalue weighted by Crippen LogP contribution is 2.19. The zero-order chi connectivity index (χ0) is 13.8. The van der Waals surface area contributed by atoms with Crippen molar-refractivity contribution < 1.29 is 9.53 Å². The molecule has 0 N–H and O–H groups in total. The Morgan fingerprint density at radius 3 is 2.42 bits per heavy atom. The van der Waals surface area contributed by atoms with Crippen LogP contribution in [0.3, 0.4) is 0 Å². The van der Waals surface area contributed by atoms with E-state index < -0.39 is 0 Å². The third-order valence-corrected chi connectivity index (χ3v) is 3.15. The van der Waals surface area contributed by atoms with Gasteiger partial charge in [-0.1, -0.05) is 23.7 Å². The Bertz CT molecular complexity index is 588. The van der Waals surface area contributed by atoms with Crippen LogP contribution in [0.15, 0.2) is 42.5 Å². The minimum absolute atomic E-state index is 0.0711. The smallest absolute Gasteiger partial charge is 0.160 e. The number of rotatable bonds is 4. The normalized spacial score (nSPS) is 10.3. The summed E-state index contributed by atoms with van der Waals surface area (Å²) >= 11 is 5.82. The van der Waals surface area contributed by atoms with Gasteiger partial charge in [0.1, 0.15) is 12.4 Å². The monoisotopic (exact) mass is 274 g/mol. The number of hydrogen-bond donors (Lipinski definition) is 0. The van der Waals surface area contributed by atoms with Crippen molar-refractivity contribution >= 4 is 17.4 Å². The molecule has 0 aliphatic heterocycles. The fourth-order valence-electron chi connectivity index (χ4n) is 1.87. The molecule has 2 rings (SSSR count). The summed E-state index contributed by atoms with van der Waals surface area (Å²) in [4.78, 5) is 11.3. The van der Waals surface area contributed by atoms with Crippen LogP contribution in [0.1, 0.15) is 28.4 Å². The molecule has 0 atom stereocenters. The van der Waals surface area contributed by atoms with Crippen molar-refractivity contribution in [2.75, 3.05) is 0 Å². The number of hydrogen-bond acceptors (Lipinski definition) is 2. The lowest BCUT2D eigenvalue weighted by atomic mass is 10.1. The molecule has 0 spiro atoms. The number of carbonyl (C=O) groups excluding carboxylic acids is 1. The number of benzene rings is 2. The zero-order valence-corrected chi connectivity index (χ0v) is 11.7. The van der Waals surface area contributed by atoms with Crippen molar-refractivity contribution in [2.24, 2.45) is 0 Å². The van der Waals surface area contributed by atoms with Crippen LogP contribution < -0.4 is 4.74 Å². The van der Waals surface area contributed by atoms with E-state index in [1.165, 1.54) is 0 Å². The van der Waals surface area contributed by atoms with Crippen molar-refractivity contribution in [3.05, 3.63) is 64.2 Å². The summed E-state index contributed by atoms with van der Waals surface area (Å²) in [5.74, 6) is 0.833. The number of aryl methyl sites for hydroxylation is 1. The summed E-state index contributed by atoms with van der Waals surface area (Å²) < 4.78 is 5.69. The van der Waals surface area contributed by atoms with Crippen molar-refractivity contribution in [1.29, 1.82) is 0 Å². The first-order valence-corrected chi connectivity index (χ1v) is 6.43. The van der Waals surface area contributed by atoms with Crippen LogP contribution in [0.25, 0.3) is 0 Å².